The van der Waals surface area contributed by atoms with Gasteiger partial charge in [-0.15, -0.1) is 0 Å². The van der Waals surface area contributed by atoms with Gasteiger partial charge in [-0.3, -0.25) is 14.9 Å². The van der Waals surface area contributed by atoms with Crippen LogP contribution in [0, 0.1) is 17.0 Å². The van der Waals surface area contributed by atoms with Crippen molar-refractivity contribution < 1.29 is 14.1 Å². The van der Waals surface area contributed by atoms with Gasteiger partial charge >= 0.3 is 0 Å². The first-order valence-corrected chi connectivity index (χ1v) is 7.08. The molecular weight excluding hydrogens is 310 g/mol. The summed E-state index contributed by atoms with van der Waals surface area (Å²) in [6.07, 6.45) is 0. The lowest BCUT2D eigenvalue weighted by Crippen LogP contribution is -2.21. The normalized spacial score (nSPS) is 11.6. The topological polar surface area (TPSA) is 112 Å². The Bertz CT molecular complexity index is 1040. The summed E-state index contributed by atoms with van der Waals surface area (Å²) in [5, 5.41) is 11.3. The zero-order valence-electron chi connectivity index (χ0n) is 12.7. The van der Waals surface area contributed by atoms with Crippen LogP contribution in [0.2, 0.25) is 0 Å². The van der Waals surface area contributed by atoms with Gasteiger partial charge in [0.15, 0.2) is 0 Å². The van der Waals surface area contributed by atoms with Crippen molar-refractivity contribution >= 4 is 28.3 Å². The third-order valence-electron chi connectivity index (χ3n) is 3.54. The van der Waals surface area contributed by atoms with Crippen LogP contribution in [0.25, 0.3) is 11.0 Å². The Hall–Kier alpha value is -3.48. The van der Waals surface area contributed by atoms with Gasteiger partial charge in [0.1, 0.15) is 11.1 Å². The molecule has 24 heavy (non-hydrogen) atoms. The molecule has 0 aliphatic rings. The maximum absolute atomic E-state index is 11.7. The first-order valence-electron chi connectivity index (χ1n) is 7.08. The van der Waals surface area contributed by atoms with Crippen LogP contribution in [-0.2, 0) is 0 Å². The number of nitrogens with zero attached hydrogens (tertiary/aromatic N) is 2. The predicted molar refractivity (Wildman–Crippen MR) is 87.8 cm³/mol. The summed E-state index contributed by atoms with van der Waals surface area (Å²) in [5.74, 6) is -0.723. The highest BCUT2D eigenvalue weighted by Gasteiger charge is 2.13. The number of aryl methyl sites for hydroxylation is 1. The van der Waals surface area contributed by atoms with Crippen molar-refractivity contribution in [2.45, 2.75) is 6.92 Å². The molecule has 1 heterocycles. The average molecular weight is 323 g/mol. The van der Waals surface area contributed by atoms with Crippen LogP contribution in [0.1, 0.15) is 15.9 Å². The number of benzene rings is 2. The maximum Gasteiger partial charge on any atom is 0.270 e. The molecule has 3 rings (SSSR count). The molecule has 7 heteroatoms. The number of para-hydroxylation sites is 1. The Labute approximate surface area is 136 Å². The predicted octanol–water partition coefficient (Wildman–Crippen LogP) is 2.98. The number of hydrogen-bond acceptors (Lipinski definition) is 5. The van der Waals surface area contributed by atoms with E-state index >= 15 is 0 Å². The zero-order valence-corrected chi connectivity index (χ0v) is 12.7. The summed E-state index contributed by atoms with van der Waals surface area (Å²) in [6.45, 7) is 1.88. The van der Waals surface area contributed by atoms with Gasteiger partial charge in [0.2, 0.25) is 5.55 Å². The molecule has 2 aromatic carbocycles. The summed E-state index contributed by atoms with van der Waals surface area (Å²) >= 11 is 0. The number of nitro benzene ring substituents is 1. The molecule has 3 aromatic rings. The molecule has 0 aliphatic carbocycles. The Balaban J connectivity index is 2.30. The standard InChI is InChI=1S/C17H13N3O4/c1-10-4-2-3-5-14(10)19-17-13(16(18)21)9-11-8-12(20(22)23)6-7-15(11)24-17/h2-9H,1H3,(H2,18,21). The monoisotopic (exact) mass is 323 g/mol. The molecule has 7 nitrogen and oxygen atoms in total. The third kappa shape index (κ3) is 2.87. The van der Waals surface area contributed by atoms with E-state index in [4.69, 9.17) is 10.2 Å². The molecule has 120 valence electrons. The van der Waals surface area contributed by atoms with Crippen LogP contribution in [0.3, 0.4) is 0 Å². The lowest BCUT2D eigenvalue weighted by molar-refractivity contribution is -0.384. The summed E-state index contributed by atoms with van der Waals surface area (Å²) < 4.78 is 5.66. The van der Waals surface area contributed by atoms with Crippen LogP contribution < -0.4 is 11.3 Å². The molecular formula is C17H13N3O4. The number of non-ortho nitro benzene ring substituents is 1. The van der Waals surface area contributed by atoms with E-state index in [-0.39, 0.29) is 16.8 Å². The number of nitro groups is 1. The van der Waals surface area contributed by atoms with Crippen molar-refractivity contribution in [2.75, 3.05) is 0 Å². The van der Waals surface area contributed by atoms with E-state index in [0.29, 0.717) is 16.7 Å². The van der Waals surface area contributed by atoms with E-state index in [9.17, 15) is 14.9 Å². The number of nitrogens with two attached hydrogens (primary N) is 1. The lowest BCUT2D eigenvalue weighted by Gasteiger charge is -2.03. The van der Waals surface area contributed by atoms with Crippen molar-refractivity contribution in [1.29, 1.82) is 0 Å². The molecule has 1 amide bonds. The summed E-state index contributed by atoms with van der Waals surface area (Å²) in [6, 6.07) is 12.9. The maximum atomic E-state index is 11.7. The number of rotatable bonds is 3. The molecule has 0 unspecified atom stereocenters. The molecule has 0 spiro atoms. The first kappa shape index (κ1) is 15.4. The quantitative estimate of drug-likeness (QED) is 0.589. The minimum Gasteiger partial charge on any atom is -0.438 e. The van der Waals surface area contributed by atoms with Gasteiger partial charge in [-0.1, -0.05) is 18.2 Å². The highest BCUT2D eigenvalue weighted by molar-refractivity contribution is 5.95. The summed E-state index contributed by atoms with van der Waals surface area (Å²) in [5.41, 5.74) is 7.36. The van der Waals surface area contributed by atoms with E-state index in [1.807, 2.05) is 25.1 Å². The second kappa shape index (κ2) is 5.96. The van der Waals surface area contributed by atoms with Gasteiger partial charge in [0.25, 0.3) is 11.6 Å². The van der Waals surface area contributed by atoms with Gasteiger partial charge in [-0.05, 0) is 30.7 Å². The first-order chi connectivity index (χ1) is 11.5. The smallest absolute Gasteiger partial charge is 0.270 e. The van der Waals surface area contributed by atoms with Crippen molar-refractivity contribution in [1.82, 2.24) is 0 Å². The number of carbonyl (C=O) groups excluding carboxylic acids is 1. The highest BCUT2D eigenvalue weighted by atomic mass is 16.6. The van der Waals surface area contributed by atoms with Gasteiger partial charge in [-0.25, -0.2) is 4.99 Å². The van der Waals surface area contributed by atoms with E-state index in [0.717, 1.165) is 5.56 Å². The number of hydrogen-bond donors (Lipinski definition) is 1. The van der Waals surface area contributed by atoms with E-state index in [2.05, 4.69) is 4.99 Å². The van der Waals surface area contributed by atoms with Gasteiger partial charge in [-0.2, -0.15) is 0 Å². The molecule has 0 aliphatic heterocycles. The van der Waals surface area contributed by atoms with E-state index in [1.54, 1.807) is 6.07 Å². The van der Waals surface area contributed by atoms with Crippen molar-refractivity contribution in [2.24, 2.45) is 10.7 Å². The SMILES string of the molecule is Cc1ccccc1N=c1oc2ccc([N+](=O)[O-])cc2cc1C(N)=O. The Morgan fingerprint density at radius 2 is 1.96 bits per heavy atom. The van der Waals surface area contributed by atoms with E-state index in [1.165, 1.54) is 24.3 Å². The molecule has 0 saturated heterocycles. The van der Waals surface area contributed by atoms with Gasteiger partial charge < -0.3 is 10.2 Å². The lowest BCUT2D eigenvalue weighted by atomic mass is 10.1. The molecule has 0 fully saturated rings. The van der Waals surface area contributed by atoms with Crippen LogP contribution >= 0.6 is 0 Å². The number of amides is 1. The van der Waals surface area contributed by atoms with Crippen LogP contribution in [-0.4, -0.2) is 10.8 Å². The number of fused-ring (bicyclic) bond motifs is 1. The molecule has 0 saturated carbocycles. The average Bonchev–Trinajstić information content (AvgIpc) is 2.55. The van der Waals surface area contributed by atoms with Crippen molar-refractivity contribution in [3.05, 3.63) is 75.3 Å². The zero-order chi connectivity index (χ0) is 17.3. The van der Waals surface area contributed by atoms with Crippen molar-refractivity contribution in [3.63, 3.8) is 0 Å². The largest absolute Gasteiger partial charge is 0.438 e. The highest BCUT2D eigenvalue weighted by Crippen LogP contribution is 2.21. The Morgan fingerprint density at radius 1 is 1.21 bits per heavy atom. The Kier molecular flexibility index (Phi) is 3.83. The fraction of sp³-hybridized carbons (Fsp3) is 0.0588. The summed E-state index contributed by atoms with van der Waals surface area (Å²) in [4.78, 5) is 26.5. The van der Waals surface area contributed by atoms with E-state index < -0.39 is 10.8 Å². The minimum absolute atomic E-state index is 0.0613. The fourth-order valence-electron chi connectivity index (χ4n) is 2.29. The summed E-state index contributed by atoms with van der Waals surface area (Å²) in [7, 11) is 0. The number of carbonyl (C=O) groups is 1. The van der Waals surface area contributed by atoms with Crippen LogP contribution in [0.5, 0.6) is 0 Å². The molecule has 0 bridgehead atoms. The molecule has 0 atom stereocenters. The van der Waals surface area contributed by atoms with Crippen molar-refractivity contribution in [3.8, 4) is 0 Å². The van der Waals surface area contributed by atoms with Gasteiger partial charge in [0, 0.05) is 17.5 Å². The van der Waals surface area contributed by atoms with Gasteiger partial charge in [0.05, 0.1) is 10.6 Å². The van der Waals surface area contributed by atoms with Crippen LogP contribution in [0.15, 0.2) is 57.9 Å². The second-order valence-electron chi connectivity index (χ2n) is 5.21. The fourth-order valence-corrected chi connectivity index (χ4v) is 2.29. The number of primary amides is 1. The third-order valence-corrected chi connectivity index (χ3v) is 3.54. The second-order valence-corrected chi connectivity index (χ2v) is 5.21. The molecule has 0 radical (unpaired) electrons. The minimum atomic E-state index is -0.723. The van der Waals surface area contributed by atoms with Crippen LogP contribution in [0.4, 0.5) is 11.4 Å². The molecule has 2 N–H and O–H groups in total. The Morgan fingerprint density at radius 3 is 2.62 bits per heavy atom. The molecule has 1 aromatic heterocycles.